The van der Waals surface area contributed by atoms with Crippen LogP contribution in [0.1, 0.15) is 27.7 Å². The van der Waals surface area contributed by atoms with Crippen molar-refractivity contribution in [1.82, 2.24) is 0 Å². The van der Waals surface area contributed by atoms with Crippen LogP contribution in [-0.2, 0) is 23.9 Å². The lowest BCUT2D eigenvalue weighted by atomic mass is 9.98. The van der Waals surface area contributed by atoms with Gasteiger partial charge >= 0.3 is 11.9 Å². The first kappa shape index (κ1) is 21.3. The van der Waals surface area contributed by atoms with Crippen LogP contribution in [-0.4, -0.2) is 38.1 Å². The zero-order valence-electron chi connectivity index (χ0n) is 16.2. The van der Waals surface area contributed by atoms with E-state index in [0.717, 1.165) is 19.8 Å². The smallest absolute Gasteiger partial charge is 0.330 e. The molecule has 0 bridgehead atoms. The van der Waals surface area contributed by atoms with E-state index in [4.69, 9.17) is 4.74 Å². The van der Waals surface area contributed by atoms with E-state index in [1.165, 1.54) is 36.5 Å². The molecule has 0 spiro atoms. The topological polar surface area (TPSA) is 72.9 Å². The molecule has 1 aromatic carbocycles. The lowest BCUT2D eigenvalue weighted by molar-refractivity contribution is -0.142. The molecule has 8 heteroatoms. The Morgan fingerprint density at radius 3 is 2.62 bits per heavy atom. The molecule has 152 valence electrons. The Morgan fingerprint density at radius 2 is 1.97 bits per heavy atom. The number of anilines is 1. The van der Waals surface area contributed by atoms with Crippen molar-refractivity contribution in [2.24, 2.45) is 0 Å². The molecule has 2 aromatic rings. The summed E-state index contributed by atoms with van der Waals surface area (Å²) in [6, 6.07) is 8.60. The fourth-order valence-corrected chi connectivity index (χ4v) is 5.08. The maximum absolute atomic E-state index is 12.9. The number of methoxy groups -OCH3 is 2. The van der Waals surface area contributed by atoms with Gasteiger partial charge in [0.2, 0.25) is 5.91 Å². The van der Waals surface area contributed by atoms with E-state index < -0.39 is 18.0 Å². The molecular formula is C21H20BrNO5S. The lowest BCUT2D eigenvalue weighted by Crippen LogP contribution is -2.41. The van der Waals surface area contributed by atoms with Gasteiger partial charge in [0.1, 0.15) is 6.04 Å². The largest absolute Gasteiger partial charge is 0.467 e. The molecule has 1 aliphatic rings. The van der Waals surface area contributed by atoms with Crippen LogP contribution >= 0.6 is 27.3 Å². The van der Waals surface area contributed by atoms with Gasteiger partial charge in [-0.1, -0.05) is 6.07 Å². The summed E-state index contributed by atoms with van der Waals surface area (Å²) in [5.74, 6) is -1.39. The van der Waals surface area contributed by atoms with Gasteiger partial charge in [-0.15, -0.1) is 11.3 Å². The third-order valence-electron chi connectivity index (χ3n) is 4.73. The van der Waals surface area contributed by atoms with Crippen LogP contribution in [0.2, 0.25) is 0 Å². The van der Waals surface area contributed by atoms with Crippen molar-refractivity contribution in [3.05, 3.63) is 56.2 Å². The molecule has 29 heavy (non-hydrogen) atoms. The predicted molar refractivity (Wildman–Crippen MR) is 115 cm³/mol. The number of benzene rings is 1. The van der Waals surface area contributed by atoms with E-state index in [1.54, 1.807) is 6.08 Å². The standard InChI is InChI=1S/C21H20BrNO5S/c1-12-4-7-16(15(22)10-12)23-18(24)11-14(20(23)21(26)28-3)17-8-5-13(29-17)6-9-19(25)27-2/h4-10,14,20H,11H2,1-3H3/b9-6+/t14-,20+/m1/s1. The summed E-state index contributed by atoms with van der Waals surface area (Å²) in [5, 5.41) is 0. The molecule has 2 heterocycles. The molecule has 0 radical (unpaired) electrons. The number of amides is 1. The molecule has 0 saturated carbocycles. The van der Waals surface area contributed by atoms with Crippen LogP contribution in [0.5, 0.6) is 0 Å². The molecule has 0 unspecified atom stereocenters. The number of nitrogens with zero attached hydrogens (tertiary/aromatic N) is 1. The van der Waals surface area contributed by atoms with Crippen LogP contribution in [0.15, 0.2) is 40.9 Å². The van der Waals surface area contributed by atoms with Gasteiger partial charge < -0.3 is 9.47 Å². The average Bonchev–Trinajstić information content (AvgIpc) is 3.30. The normalized spacial score (nSPS) is 19.0. The van der Waals surface area contributed by atoms with Gasteiger partial charge in [0.05, 0.1) is 19.9 Å². The first-order valence-electron chi connectivity index (χ1n) is 8.87. The van der Waals surface area contributed by atoms with Crippen molar-refractivity contribution in [1.29, 1.82) is 0 Å². The van der Waals surface area contributed by atoms with Crippen LogP contribution in [0.25, 0.3) is 6.08 Å². The van der Waals surface area contributed by atoms with E-state index >= 15 is 0 Å². The third kappa shape index (κ3) is 4.43. The number of aryl methyl sites for hydroxylation is 1. The molecular weight excluding hydrogens is 458 g/mol. The van der Waals surface area contributed by atoms with Crippen molar-refractivity contribution in [3.63, 3.8) is 0 Å². The second-order valence-electron chi connectivity index (χ2n) is 6.59. The summed E-state index contributed by atoms with van der Waals surface area (Å²) < 4.78 is 10.4. The number of halogens is 1. The molecule has 6 nitrogen and oxygen atoms in total. The second-order valence-corrected chi connectivity index (χ2v) is 8.60. The zero-order chi connectivity index (χ0) is 21.1. The van der Waals surface area contributed by atoms with Gasteiger partial charge in [-0.25, -0.2) is 9.59 Å². The van der Waals surface area contributed by atoms with Gasteiger partial charge in [-0.3, -0.25) is 9.69 Å². The van der Waals surface area contributed by atoms with Gasteiger partial charge in [-0.2, -0.15) is 0 Å². The number of rotatable bonds is 5. The molecule has 1 aromatic heterocycles. The highest BCUT2D eigenvalue weighted by Crippen LogP contribution is 2.43. The summed E-state index contributed by atoms with van der Waals surface area (Å²) in [6.07, 6.45) is 3.18. The summed E-state index contributed by atoms with van der Waals surface area (Å²) in [4.78, 5) is 40.1. The third-order valence-corrected chi connectivity index (χ3v) is 6.54. The van der Waals surface area contributed by atoms with E-state index in [-0.39, 0.29) is 18.2 Å². The number of hydrogen-bond donors (Lipinski definition) is 0. The van der Waals surface area contributed by atoms with E-state index in [2.05, 4.69) is 20.7 Å². The predicted octanol–water partition coefficient (Wildman–Crippen LogP) is 4.07. The van der Waals surface area contributed by atoms with Crippen molar-refractivity contribution in [2.75, 3.05) is 19.1 Å². The van der Waals surface area contributed by atoms with E-state index in [9.17, 15) is 14.4 Å². The molecule has 1 fully saturated rings. The highest BCUT2D eigenvalue weighted by atomic mass is 79.9. The molecule has 1 aliphatic heterocycles. The maximum atomic E-state index is 12.9. The molecule has 3 rings (SSSR count). The van der Waals surface area contributed by atoms with Crippen LogP contribution < -0.4 is 4.90 Å². The molecule has 1 saturated heterocycles. The Labute approximate surface area is 181 Å². The monoisotopic (exact) mass is 477 g/mol. The Kier molecular flexibility index (Phi) is 6.54. The minimum absolute atomic E-state index is 0.144. The molecule has 0 N–H and O–H groups in total. The number of esters is 2. The van der Waals surface area contributed by atoms with Crippen molar-refractivity contribution in [3.8, 4) is 0 Å². The SMILES string of the molecule is COC(=O)/C=C/c1ccc([C@H]2CC(=O)N(c3ccc(C)cc3Br)[C@@H]2C(=O)OC)s1. The van der Waals surface area contributed by atoms with Crippen LogP contribution in [0, 0.1) is 6.92 Å². The Morgan fingerprint density at radius 1 is 1.21 bits per heavy atom. The zero-order valence-corrected chi connectivity index (χ0v) is 18.6. The fourth-order valence-electron chi connectivity index (χ4n) is 3.35. The van der Waals surface area contributed by atoms with Crippen LogP contribution in [0.4, 0.5) is 5.69 Å². The van der Waals surface area contributed by atoms with Crippen molar-refractivity contribution < 1.29 is 23.9 Å². The first-order chi connectivity index (χ1) is 13.8. The number of carbonyl (C=O) groups excluding carboxylic acids is 3. The van der Waals surface area contributed by atoms with Gasteiger partial charge in [0, 0.05) is 32.6 Å². The minimum atomic E-state index is -0.761. The highest BCUT2D eigenvalue weighted by molar-refractivity contribution is 9.10. The highest BCUT2D eigenvalue weighted by Gasteiger charge is 2.47. The van der Waals surface area contributed by atoms with Gasteiger partial charge in [0.15, 0.2) is 0 Å². The van der Waals surface area contributed by atoms with E-state index in [1.807, 2.05) is 37.3 Å². The van der Waals surface area contributed by atoms with Gasteiger partial charge in [-0.05, 0) is 58.8 Å². The summed E-state index contributed by atoms with van der Waals surface area (Å²) in [6.45, 7) is 1.95. The summed E-state index contributed by atoms with van der Waals surface area (Å²) in [5.41, 5.74) is 1.68. The van der Waals surface area contributed by atoms with Gasteiger partial charge in [0.25, 0.3) is 0 Å². The molecule has 0 aliphatic carbocycles. The number of carbonyl (C=O) groups is 3. The molecule has 2 atom stereocenters. The minimum Gasteiger partial charge on any atom is -0.467 e. The molecule has 1 amide bonds. The Balaban J connectivity index is 1.96. The van der Waals surface area contributed by atoms with Crippen molar-refractivity contribution in [2.45, 2.75) is 25.3 Å². The Bertz CT molecular complexity index is 983. The fraction of sp³-hybridized carbons (Fsp3) is 0.286. The average molecular weight is 478 g/mol. The van der Waals surface area contributed by atoms with Crippen molar-refractivity contribution >= 4 is 56.9 Å². The summed E-state index contributed by atoms with van der Waals surface area (Å²) >= 11 is 4.94. The maximum Gasteiger partial charge on any atom is 0.330 e. The number of hydrogen-bond acceptors (Lipinski definition) is 6. The number of ether oxygens (including phenoxy) is 2. The summed E-state index contributed by atoms with van der Waals surface area (Å²) in [7, 11) is 2.64. The second kappa shape index (κ2) is 8.92. The number of thiophene rings is 1. The Hall–Kier alpha value is -2.45. The van der Waals surface area contributed by atoms with E-state index in [0.29, 0.717) is 5.69 Å². The quantitative estimate of drug-likeness (QED) is 0.479. The lowest BCUT2D eigenvalue weighted by Gasteiger charge is -2.26. The van der Waals surface area contributed by atoms with Crippen LogP contribution in [0.3, 0.4) is 0 Å². The first-order valence-corrected chi connectivity index (χ1v) is 10.5.